The first-order valence-electron chi connectivity index (χ1n) is 5.30. The summed E-state index contributed by atoms with van der Waals surface area (Å²) in [4.78, 5) is 10.6. The predicted octanol–water partition coefficient (Wildman–Crippen LogP) is 0.0159. The minimum absolute atomic E-state index is 0.0107. The Morgan fingerprint density at radius 2 is 2.33 bits per heavy atom. The number of hydrogen-bond donors (Lipinski definition) is 2. The maximum atomic E-state index is 11.0. The average Bonchev–Trinajstić information content (AvgIpc) is 2.93. The maximum Gasteiger partial charge on any atom is 0.333 e. The molecule has 0 bridgehead atoms. The Labute approximate surface area is 102 Å². The van der Waals surface area contributed by atoms with Crippen molar-refractivity contribution in [1.29, 1.82) is 0 Å². The fourth-order valence-electron chi connectivity index (χ4n) is 1.62. The zero-order chi connectivity index (χ0) is 13.1. The Balaban J connectivity index is 2.26. The van der Waals surface area contributed by atoms with E-state index in [-0.39, 0.29) is 12.2 Å². The molecule has 2 heterocycles. The monoisotopic (exact) mass is 252 g/mol. The van der Waals surface area contributed by atoms with Gasteiger partial charge < -0.3 is 5.32 Å². The van der Waals surface area contributed by atoms with Crippen molar-refractivity contribution in [2.24, 2.45) is 7.05 Å². The van der Waals surface area contributed by atoms with Gasteiger partial charge in [-0.15, -0.1) is 10.2 Å². The number of aryl methyl sites for hydroxylation is 2. The van der Waals surface area contributed by atoms with Crippen LogP contribution in [0.4, 0.5) is 11.5 Å². The van der Waals surface area contributed by atoms with E-state index in [9.17, 15) is 10.1 Å². The standard InChI is InChI=1S/C8H12N8O2/c1-3-5-7(16(17)18)8(15(2)12-5)9-4-6-10-13-14-11-6/h9H,3-4H2,1-2H3,(H,10,11,13,14). The molecule has 96 valence electrons. The maximum absolute atomic E-state index is 11.0. The number of aromatic nitrogens is 6. The van der Waals surface area contributed by atoms with Gasteiger partial charge in [0, 0.05) is 7.05 Å². The first-order chi connectivity index (χ1) is 8.63. The number of rotatable bonds is 5. The quantitative estimate of drug-likeness (QED) is 0.566. The lowest BCUT2D eigenvalue weighted by Gasteiger charge is -2.02. The molecule has 0 spiro atoms. The third kappa shape index (κ3) is 2.12. The summed E-state index contributed by atoms with van der Waals surface area (Å²) in [6, 6.07) is 0. The SMILES string of the molecule is CCc1nn(C)c(NCc2nn[nH]n2)c1[N+](=O)[O-]. The van der Waals surface area contributed by atoms with Crippen LogP contribution in [0.25, 0.3) is 0 Å². The molecule has 18 heavy (non-hydrogen) atoms. The van der Waals surface area contributed by atoms with Crippen LogP contribution in [-0.2, 0) is 20.0 Å². The Morgan fingerprint density at radius 3 is 2.89 bits per heavy atom. The number of tetrazole rings is 1. The number of H-pyrrole nitrogens is 1. The number of nitrogens with one attached hydrogen (secondary N) is 2. The van der Waals surface area contributed by atoms with E-state index in [1.54, 1.807) is 7.05 Å². The van der Waals surface area contributed by atoms with Crippen molar-refractivity contribution in [3.63, 3.8) is 0 Å². The highest BCUT2D eigenvalue weighted by Crippen LogP contribution is 2.28. The van der Waals surface area contributed by atoms with Crippen LogP contribution in [0.5, 0.6) is 0 Å². The second kappa shape index (κ2) is 4.77. The first-order valence-corrected chi connectivity index (χ1v) is 5.30. The van der Waals surface area contributed by atoms with E-state index in [1.165, 1.54) is 4.68 Å². The van der Waals surface area contributed by atoms with Crippen LogP contribution >= 0.6 is 0 Å². The lowest BCUT2D eigenvalue weighted by molar-refractivity contribution is -0.384. The van der Waals surface area contributed by atoms with E-state index in [0.717, 1.165) is 0 Å². The normalized spacial score (nSPS) is 10.6. The molecule has 0 atom stereocenters. The zero-order valence-electron chi connectivity index (χ0n) is 9.91. The molecular formula is C8H12N8O2. The van der Waals surface area contributed by atoms with Crippen LogP contribution < -0.4 is 5.32 Å². The number of hydrogen-bond acceptors (Lipinski definition) is 7. The van der Waals surface area contributed by atoms with Crippen molar-refractivity contribution in [2.45, 2.75) is 19.9 Å². The van der Waals surface area contributed by atoms with Crippen molar-refractivity contribution in [1.82, 2.24) is 30.4 Å². The van der Waals surface area contributed by atoms with Gasteiger partial charge in [-0.2, -0.15) is 10.3 Å². The van der Waals surface area contributed by atoms with Crippen LogP contribution in [0.2, 0.25) is 0 Å². The lowest BCUT2D eigenvalue weighted by Crippen LogP contribution is -2.07. The zero-order valence-corrected chi connectivity index (χ0v) is 9.91. The minimum atomic E-state index is -0.440. The summed E-state index contributed by atoms with van der Waals surface area (Å²) in [6.07, 6.45) is 0.494. The van der Waals surface area contributed by atoms with Crippen LogP contribution in [-0.4, -0.2) is 35.3 Å². The smallest absolute Gasteiger partial charge is 0.333 e. The molecule has 2 aromatic heterocycles. The minimum Gasteiger partial charge on any atom is -0.357 e. The van der Waals surface area contributed by atoms with Crippen LogP contribution in [0.1, 0.15) is 18.4 Å². The van der Waals surface area contributed by atoms with E-state index in [1.807, 2.05) is 6.92 Å². The van der Waals surface area contributed by atoms with Gasteiger partial charge in [0.05, 0.1) is 11.5 Å². The van der Waals surface area contributed by atoms with Crippen molar-refractivity contribution in [2.75, 3.05) is 5.32 Å². The molecule has 0 saturated carbocycles. The Morgan fingerprint density at radius 1 is 1.56 bits per heavy atom. The molecule has 0 aliphatic carbocycles. The van der Waals surface area contributed by atoms with Gasteiger partial charge in [0.1, 0.15) is 5.69 Å². The summed E-state index contributed by atoms with van der Waals surface area (Å²) in [6.45, 7) is 2.05. The summed E-state index contributed by atoms with van der Waals surface area (Å²) < 4.78 is 1.44. The molecule has 10 nitrogen and oxygen atoms in total. The molecule has 0 amide bonds. The highest BCUT2D eigenvalue weighted by molar-refractivity contribution is 5.59. The predicted molar refractivity (Wildman–Crippen MR) is 60.7 cm³/mol. The van der Waals surface area contributed by atoms with E-state index >= 15 is 0 Å². The topological polar surface area (TPSA) is 127 Å². The van der Waals surface area contributed by atoms with Gasteiger partial charge in [0.25, 0.3) is 0 Å². The summed E-state index contributed by atoms with van der Waals surface area (Å²) in [5.74, 6) is 0.755. The summed E-state index contributed by atoms with van der Waals surface area (Å²) in [5, 5.41) is 31.2. The Kier molecular flexibility index (Phi) is 3.17. The van der Waals surface area contributed by atoms with Gasteiger partial charge in [-0.25, -0.2) is 4.68 Å². The van der Waals surface area contributed by atoms with Crippen molar-refractivity contribution < 1.29 is 4.92 Å². The molecule has 0 radical (unpaired) electrons. The molecule has 2 rings (SSSR count). The summed E-state index contributed by atoms with van der Waals surface area (Å²) >= 11 is 0. The Bertz CT molecular complexity index is 546. The van der Waals surface area contributed by atoms with E-state index < -0.39 is 4.92 Å². The molecule has 0 aliphatic heterocycles. The fourth-order valence-corrected chi connectivity index (χ4v) is 1.62. The number of aromatic amines is 1. The van der Waals surface area contributed by atoms with Gasteiger partial charge in [0.15, 0.2) is 5.82 Å². The summed E-state index contributed by atoms with van der Waals surface area (Å²) in [7, 11) is 1.64. The molecule has 10 heteroatoms. The van der Waals surface area contributed by atoms with Crippen LogP contribution in [0.3, 0.4) is 0 Å². The summed E-state index contributed by atoms with van der Waals surface area (Å²) in [5.41, 5.74) is 0.432. The van der Waals surface area contributed by atoms with E-state index in [0.29, 0.717) is 23.8 Å². The van der Waals surface area contributed by atoms with Crippen molar-refractivity contribution in [3.05, 3.63) is 21.6 Å². The van der Waals surface area contributed by atoms with Crippen molar-refractivity contribution in [3.8, 4) is 0 Å². The van der Waals surface area contributed by atoms with Gasteiger partial charge in [-0.3, -0.25) is 10.1 Å². The van der Waals surface area contributed by atoms with Gasteiger partial charge in [-0.05, 0) is 6.42 Å². The second-order valence-corrected chi connectivity index (χ2v) is 3.56. The highest BCUT2D eigenvalue weighted by Gasteiger charge is 2.25. The number of nitrogens with zero attached hydrogens (tertiary/aromatic N) is 6. The fraction of sp³-hybridized carbons (Fsp3) is 0.500. The second-order valence-electron chi connectivity index (χ2n) is 3.56. The Hall–Kier alpha value is -2.52. The molecule has 2 N–H and O–H groups in total. The molecular weight excluding hydrogens is 240 g/mol. The van der Waals surface area contributed by atoms with Gasteiger partial charge in [-0.1, -0.05) is 12.1 Å². The third-order valence-electron chi connectivity index (χ3n) is 2.41. The van der Waals surface area contributed by atoms with Gasteiger partial charge in [0.2, 0.25) is 5.82 Å². The average molecular weight is 252 g/mol. The number of nitro groups is 1. The molecule has 0 aliphatic rings. The molecule has 0 fully saturated rings. The van der Waals surface area contributed by atoms with Crippen LogP contribution in [0.15, 0.2) is 0 Å². The largest absolute Gasteiger partial charge is 0.357 e. The van der Waals surface area contributed by atoms with E-state index in [4.69, 9.17) is 0 Å². The van der Waals surface area contributed by atoms with E-state index in [2.05, 4.69) is 31.0 Å². The van der Waals surface area contributed by atoms with Crippen LogP contribution in [0, 0.1) is 10.1 Å². The molecule has 0 unspecified atom stereocenters. The third-order valence-corrected chi connectivity index (χ3v) is 2.41. The molecule has 2 aromatic rings. The molecule has 0 aromatic carbocycles. The lowest BCUT2D eigenvalue weighted by atomic mass is 10.3. The van der Waals surface area contributed by atoms with Crippen molar-refractivity contribution >= 4 is 11.5 Å². The highest BCUT2D eigenvalue weighted by atomic mass is 16.6. The first kappa shape index (κ1) is 12.0. The van der Waals surface area contributed by atoms with Gasteiger partial charge >= 0.3 is 5.69 Å². The number of anilines is 1. The molecule has 0 saturated heterocycles.